The molecular weight excluding hydrogens is 286 g/mol. The molecule has 2 aromatic carbocycles. The van der Waals surface area contributed by atoms with Gasteiger partial charge in [0.1, 0.15) is 0 Å². The van der Waals surface area contributed by atoms with Crippen LogP contribution in [0.3, 0.4) is 0 Å². The fourth-order valence-electron chi connectivity index (χ4n) is 2.78. The maximum Gasteiger partial charge on any atom is 0.232 e. The summed E-state index contributed by atoms with van der Waals surface area (Å²) < 4.78 is 25.9. The Kier molecular flexibility index (Phi) is 3.29. The first kappa shape index (κ1) is 13.8. The number of carbonyl (C=O) groups excluding carboxylic acids is 1. The number of ketones is 1. The first-order valence-corrected chi connectivity index (χ1v) is 8.50. The number of Topliss-reactive ketones (excluding diaryl/α,β-unsaturated/α-hetero) is 1. The van der Waals surface area contributed by atoms with Crippen molar-refractivity contribution in [3.8, 4) is 0 Å². The summed E-state index contributed by atoms with van der Waals surface area (Å²) >= 11 is 0. The van der Waals surface area contributed by atoms with E-state index in [4.69, 9.17) is 0 Å². The van der Waals surface area contributed by atoms with Crippen molar-refractivity contribution in [2.24, 2.45) is 0 Å². The highest BCUT2D eigenvalue weighted by Crippen LogP contribution is 2.39. The van der Waals surface area contributed by atoms with Crippen LogP contribution in [0.1, 0.15) is 28.4 Å². The minimum atomic E-state index is -3.48. The molecule has 3 rings (SSSR count). The topological polar surface area (TPSA) is 54.5 Å². The van der Waals surface area contributed by atoms with E-state index in [9.17, 15) is 13.2 Å². The first-order valence-electron chi connectivity index (χ1n) is 6.65. The molecule has 1 aliphatic heterocycles. The van der Waals surface area contributed by atoms with Crippen molar-refractivity contribution in [2.75, 3.05) is 10.6 Å². The van der Waals surface area contributed by atoms with Gasteiger partial charge in [-0.2, -0.15) is 0 Å². The highest BCUT2D eigenvalue weighted by atomic mass is 32.2. The van der Waals surface area contributed by atoms with E-state index in [1.54, 1.807) is 24.3 Å². The van der Waals surface area contributed by atoms with Gasteiger partial charge in [-0.05, 0) is 17.7 Å². The third-order valence-corrected chi connectivity index (χ3v) is 4.81. The fraction of sp³-hybridized carbons (Fsp3) is 0.188. The number of sulfonamides is 1. The Bertz CT molecular complexity index is 784. The van der Waals surface area contributed by atoms with Crippen LogP contribution in [-0.2, 0) is 10.0 Å². The monoisotopic (exact) mass is 301 g/mol. The van der Waals surface area contributed by atoms with E-state index in [0.717, 1.165) is 5.56 Å². The van der Waals surface area contributed by atoms with Gasteiger partial charge in [0.2, 0.25) is 10.0 Å². The molecule has 0 fully saturated rings. The SMILES string of the molecule is CS(=O)(=O)N1c2ccccc2C(=O)CC1c1ccccc1. The van der Waals surface area contributed by atoms with E-state index >= 15 is 0 Å². The van der Waals surface area contributed by atoms with Crippen molar-refractivity contribution >= 4 is 21.5 Å². The summed E-state index contributed by atoms with van der Waals surface area (Å²) in [5.41, 5.74) is 1.76. The van der Waals surface area contributed by atoms with Gasteiger partial charge >= 0.3 is 0 Å². The van der Waals surface area contributed by atoms with Crippen molar-refractivity contribution < 1.29 is 13.2 Å². The lowest BCUT2D eigenvalue weighted by Crippen LogP contribution is -2.39. The zero-order valence-electron chi connectivity index (χ0n) is 11.6. The summed E-state index contributed by atoms with van der Waals surface area (Å²) in [5, 5.41) is 0. The maximum absolute atomic E-state index is 12.3. The Morgan fingerprint density at radius 3 is 2.29 bits per heavy atom. The predicted molar refractivity (Wildman–Crippen MR) is 81.9 cm³/mol. The smallest absolute Gasteiger partial charge is 0.232 e. The summed E-state index contributed by atoms with van der Waals surface area (Å²) in [6.45, 7) is 0. The standard InChI is InChI=1S/C16H15NO3S/c1-21(19,20)17-14-10-6-5-9-13(14)16(18)11-15(17)12-7-3-2-4-8-12/h2-10,15H,11H2,1H3. The summed E-state index contributed by atoms with van der Waals surface area (Å²) in [7, 11) is -3.48. The number of fused-ring (bicyclic) bond motifs is 1. The van der Waals surface area contributed by atoms with Crippen LogP contribution >= 0.6 is 0 Å². The third kappa shape index (κ3) is 2.45. The first-order chi connectivity index (χ1) is 9.98. The van der Waals surface area contributed by atoms with Crippen LogP contribution in [0.15, 0.2) is 54.6 Å². The lowest BCUT2D eigenvalue weighted by molar-refractivity contribution is 0.0969. The number of hydrogen-bond acceptors (Lipinski definition) is 3. The van der Waals surface area contributed by atoms with E-state index in [1.165, 1.54) is 10.6 Å². The van der Waals surface area contributed by atoms with Crippen molar-refractivity contribution in [3.05, 3.63) is 65.7 Å². The molecule has 108 valence electrons. The molecule has 0 saturated heterocycles. The van der Waals surface area contributed by atoms with E-state index in [1.807, 2.05) is 30.3 Å². The van der Waals surface area contributed by atoms with Gasteiger partial charge in [0.25, 0.3) is 0 Å². The molecule has 0 saturated carbocycles. The second-order valence-corrected chi connectivity index (χ2v) is 6.99. The van der Waals surface area contributed by atoms with Crippen molar-refractivity contribution in [2.45, 2.75) is 12.5 Å². The number of nitrogens with zero attached hydrogens (tertiary/aromatic N) is 1. The van der Waals surface area contributed by atoms with Gasteiger partial charge < -0.3 is 0 Å². The van der Waals surface area contributed by atoms with Gasteiger partial charge in [0, 0.05) is 12.0 Å². The van der Waals surface area contributed by atoms with E-state index in [0.29, 0.717) is 11.3 Å². The van der Waals surface area contributed by atoms with Gasteiger partial charge in [-0.3, -0.25) is 9.10 Å². The zero-order chi connectivity index (χ0) is 15.0. The number of hydrogen-bond donors (Lipinski definition) is 0. The Labute approximate surface area is 124 Å². The molecule has 2 aromatic rings. The van der Waals surface area contributed by atoms with Gasteiger partial charge in [-0.25, -0.2) is 8.42 Å². The highest BCUT2D eigenvalue weighted by Gasteiger charge is 2.37. The van der Waals surface area contributed by atoms with Crippen LogP contribution < -0.4 is 4.31 Å². The Morgan fingerprint density at radius 1 is 1.00 bits per heavy atom. The second-order valence-electron chi connectivity index (χ2n) is 5.13. The molecule has 5 heteroatoms. The van der Waals surface area contributed by atoms with Crippen LogP contribution in [0.4, 0.5) is 5.69 Å². The van der Waals surface area contributed by atoms with Crippen LogP contribution in [0, 0.1) is 0 Å². The minimum Gasteiger partial charge on any atom is -0.294 e. The van der Waals surface area contributed by atoms with Crippen LogP contribution in [0.2, 0.25) is 0 Å². The molecule has 0 N–H and O–H groups in total. The van der Waals surface area contributed by atoms with Crippen molar-refractivity contribution in [3.63, 3.8) is 0 Å². The summed E-state index contributed by atoms with van der Waals surface area (Å²) in [6, 6.07) is 15.6. The van der Waals surface area contributed by atoms with E-state index in [-0.39, 0.29) is 12.2 Å². The molecule has 1 aliphatic rings. The van der Waals surface area contributed by atoms with E-state index < -0.39 is 16.1 Å². The van der Waals surface area contributed by atoms with Gasteiger partial charge in [0.15, 0.2) is 5.78 Å². The van der Waals surface area contributed by atoms with Crippen LogP contribution in [0.25, 0.3) is 0 Å². The number of carbonyl (C=O) groups is 1. The van der Waals surface area contributed by atoms with Crippen molar-refractivity contribution in [1.82, 2.24) is 0 Å². The van der Waals surface area contributed by atoms with Crippen LogP contribution in [0.5, 0.6) is 0 Å². The Hall–Kier alpha value is -2.14. The molecule has 21 heavy (non-hydrogen) atoms. The number of para-hydroxylation sites is 1. The molecule has 1 heterocycles. The largest absolute Gasteiger partial charge is 0.294 e. The maximum atomic E-state index is 12.3. The second kappa shape index (κ2) is 5.00. The molecule has 0 amide bonds. The van der Waals surface area contributed by atoms with E-state index in [2.05, 4.69) is 0 Å². The number of rotatable bonds is 2. The summed E-state index contributed by atoms with van der Waals surface area (Å²) in [5.74, 6) is -0.0284. The predicted octanol–water partition coefficient (Wildman–Crippen LogP) is 2.78. The minimum absolute atomic E-state index is 0.0284. The quantitative estimate of drug-likeness (QED) is 0.857. The molecule has 0 spiro atoms. The van der Waals surface area contributed by atoms with Gasteiger partial charge in [-0.1, -0.05) is 42.5 Å². The molecule has 0 aromatic heterocycles. The zero-order valence-corrected chi connectivity index (χ0v) is 12.4. The molecule has 0 aliphatic carbocycles. The Balaban J connectivity index is 2.21. The fourth-order valence-corrected chi connectivity index (χ4v) is 3.95. The molecule has 0 bridgehead atoms. The normalized spacial score (nSPS) is 18.4. The lowest BCUT2D eigenvalue weighted by Gasteiger charge is -2.36. The molecule has 1 unspecified atom stereocenters. The lowest BCUT2D eigenvalue weighted by atomic mass is 9.92. The number of anilines is 1. The number of benzene rings is 2. The molecule has 1 atom stereocenters. The van der Waals surface area contributed by atoms with Gasteiger partial charge in [0.05, 0.1) is 18.0 Å². The average molecular weight is 301 g/mol. The average Bonchev–Trinajstić information content (AvgIpc) is 2.47. The highest BCUT2D eigenvalue weighted by molar-refractivity contribution is 7.92. The van der Waals surface area contributed by atoms with Crippen molar-refractivity contribution in [1.29, 1.82) is 0 Å². The third-order valence-electron chi connectivity index (χ3n) is 3.65. The van der Waals surface area contributed by atoms with Gasteiger partial charge in [-0.15, -0.1) is 0 Å². The Morgan fingerprint density at radius 2 is 1.62 bits per heavy atom. The van der Waals surface area contributed by atoms with Crippen LogP contribution in [-0.4, -0.2) is 20.5 Å². The summed E-state index contributed by atoms with van der Waals surface area (Å²) in [6.07, 6.45) is 1.34. The molecule has 4 nitrogen and oxygen atoms in total. The molecule has 0 radical (unpaired) electrons. The summed E-state index contributed by atoms with van der Waals surface area (Å²) in [4.78, 5) is 12.3. The molecular formula is C16H15NO3S.